The van der Waals surface area contributed by atoms with Crippen molar-refractivity contribution >= 4 is 17.7 Å². The summed E-state index contributed by atoms with van der Waals surface area (Å²) in [6.45, 7) is 2.41. The van der Waals surface area contributed by atoms with Crippen molar-refractivity contribution in [1.29, 1.82) is 0 Å². The van der Waals surface area contributed by atoms with Crippen molar-refractivity contribution < 1.29 is 9.53 Å². The van der Waals surface area contributed by atoms with Crippen LogP contribution in [0.25, 0.3) is 0 Å². The number of benzene rings is 1. The number of hydrogen-bond acceptors (Lipinski definition) is 2. The zero-order valence-electron chi connectivity index (χ0n) is 8.42. The van der Waals surface area contributed by atoms with Crippen molar-refractivity contribution in [3.8, 4) is 0 Å². The lowest BCUT2D eigenvalue weighted by Crippen LogP contribution is -2.35. The van der Waals surface area contributed by atoms with E-state index >= 15 is 0 Å². The van der Waals surface area contributed by atoms with Crippen LogP contribution in [-0.2, 0) is 4.74 Å². The Hall–Kier alpha value is -1.22. The summed E-state index contributed by atoms with van der Waals surface area (Å²) in [4.78, 5) is 11.0. The number of carbonyl (C=O) groups excluding carboxylic acids is 1. The zero-order chi connectivity index (χ0) is 10.8. The third kappa shape index (κ3) is 2.23. The van der Waals surface area contributed by atoms with Gasteiger partial charge in [0.2, 0.25) is 0 Å². The lowest BCUT2D eigenvalue weighted by atomic mass is 10.0. The van der Waals surface area contributed by atoms with Crippen molar-refractivity contribution in [2.24, 2.45) is 0 Å². The van der Waals surface area contributed by atoms with Gasteiger partial charge >= 0.3 is 6.09 Å². The van der Waals surface area contributed by atoms with Crippen LogP contribution in [-0.4, -0.2) is 12.7 Å². The predicted molar refractivity (Wildman–Crippen MR) is 58.0 cm³/mol. The molecule has 80 valence electrons. The van der Waals surface area contributed by atoms with Crippen LogP contribution < -0.4 is 5.32 Å². The van der Waals surface area contributed by atoms with E-state index < -0.39 is 0 Å². The van der Waals surface area contributed by atoms with Crippen molar-refractivity contribution in [3.63, 3.8) is 0 Å². The van der Waals surface area contributed by atoms with Gasteiger partial charge in [0, 0.05) is 11.4 Å². The van der Waals surface area contributed by atoms with Gasteiger partial charge in [-0.2, -0.15) is 0 Å². The van der Waals surface area contributed by atoms with E-state index in [1.807, 2.05) is 25.1 Å². The van der Waals surface area contributed by atoms with E-state index in [9.17, 15) is 4.79 Å². The SMILES string of the molecule is Cc1ccc([C@@H]2CCOC(=O)N2)cc1Cl. The maximum atomic E-state index is 11.0. The Labute approximate surface area is 93.4 Å². The normalized spacial score (nSPS) is 20.7. The first-order valence-corrected chi connectivity index (χ1v) is 5.24. The van der Waals surface area contributed by atoms with Gasteiger partial charge < -0.3 is 10.1 Å². The summed E-state index contributed by atoms with van der Waals surface area (Å²) in [6, 6.07) is 5.86. The van der Waals surface area contributed by atoms with Gasteiger partial charge in [-0.1, -0.05) is 23.7 Å². The molecule has 1 aliphatic heterocycles. The minimum atomic E-state index is -0.358. The second-order valence-corrected chi connectivity index (χ2v) is 4.04. The third-order valence-corrected chi connectivity index (χ3v) is 2.94. The summed E-state index contributed by atoms with van der Waals surface area (Å²) in [5.74, 6) is 0. The summed E-state index contributed by atoms with van der Waals surface area (Å²) >= 11 is 6.03. The van der Waals surface area contributed by atoms with Crippen LogP contribution in [0.1, 0.15) is 23.6 Å². The number of alkyl carbamates (subject to hydrolysis) is 1. The fourth-order valence-electron chi connectivity index (χ4n) is 1.60. The molecule has 0 aliphatic carbocycles. The standard InChI is InChI=1S/C11H12ClNO2/c1-7-2-3-8(6-9(7)12)10-4-5-15-11(14)13-10/h2-3,6,10H,4-5H2,1H3,(H,13,14)/t10-/m0/s1. The number of halogens is 1. The molecule has 0 radical (unpaired) electrons. The number of aryl methyl sites for hydroxylation is 1. The maximum Gasteiger partial charge on any atom is 0.407 e. The van der Waals surface area contributed by atoms with E-state index in [1.165, 1.54) is 0 Å². The van der Waals surface area contributed by atoms with E-state index in [0.29, 0.717) is 6.61 Å². The Balaban J connectivity index is 2.21. The molecule has 1 aromatic carbocycles. The first kappa shape index (κ1) is 10.3. The lowest BCUT2D eigenvalue weighted by molar-refractivity contribution is 0.115. The van der Waals surface area contributed by atoms with Crippen LogP contribution >= 0.6 is 11.6 Å². The Bertz CT molecular complexity index is 392. The van der Waals surface area contributed by atoms with E-state index in [2.05, 4.69) is 5.32 Å². The topological polar surface area (TPSA) is 38.3 Å². The molecule has 15 heavy (non-hydrogen) atoms. The van der Waals surface area contributed by atoms with Crippen molar-refractivity contribution in [1.82, 2.24) is 5.32 Å². The lowest BCUT2D eigenvalue weighted by Gasteiger charge is -2.23. The average molecular weight is 226 g/mol. The Morgan fingerprint density at radius 1 is 1.53 bits per heavy atom. The van der Waals surface area contributed by atoms with Gasteiger partial charge in [-0.3, -0.25) is 0 Å². The molecule has 0 bridgehead atoms. The first-order chi connectivity index (χ1) is 7.16. The molecule has 0 aromatic heterocycles. The zero-order valence-corrected chi connectivity index (χ0v) is 9.17. The van der Waals surface area contributed by atoms with E-state index in [4.69, 9.17) is 16.3 Å². The quantitative estimate of drug-likeness (QED) is 0.798. The third-order valence-electron chi connectivity index (χ3n) is 2.53. The van der Waals surface area contributed by atoms with Crippen LogP contribution in [0.2, 0.25) is 5.02 Å². The maximum absolute atomic E-state index is 11.0. The molecule has 1 amide bonds. The van der Waals surface area contributed by atoms with Gasteiger partial charge in [0.05, 0.1) is 12.6 Å². The van der Waals surface area contributed by atoms with Crippen molar-refractivity contribution in [3.05, 3.63) is 34.3 Å². The molecule has 1 N–H and O–H groups in total. The molecule has 1 aliphatic rings. The van der Waals surface area contributed by atoms with Gasteiger partial charge in [-0.05, 0) is 24.1 Å². The van der Waals surface area contributed by atoms with Gasteiger partial charge in [0.25, 0.3) is 0 Å². The van der Waals surface area contributed by atoms with E-state index in [1.54, 1.807) is 0 Å². The highest BCUT2D eigenvalue weighted by Crippen LogP contribution is 2.24. The second kappa shape index (κ2) is 4.11. The molecule has 1 atom stereocenters. The van der Waals surface area contributed by atoms with Crippen LogP contribution in [0.4, 0.5) is 4.79 Å². The fraction of sp³-hybridized carbons (Fsp3) is 0.364. The minimum Gasteiger partial charge on any atom is -0.449 e. The van der Waals surface area contributed by atoms with Gasteiger partial charge in [0.1, 0.15) is 0 Å². The summed E-state index contributed by atoms with van der Waals surface area (Å²) < 4.78 is 4.80. The monoisotopic (exact) mass is 225 g/mol. The highest BCUT2D eigenvalue weighted by Gasteiger charge is 2.20. The van der Waals surface area contributed by atoms with Crippen LogP contribution in [0.3, 0.4) is 0 Å². The Morgan fingerprint density at radius 3 is 3.00 bits per heavy atom. The van der Waals surface area contributed by atoms with Crippen LogP contribution in [0.15, 0.2) is 18.2 Å². The molecule has 0 unspecified atom stereocenters. The van der Waals surface area contributed by atoms with Gasteiger partial charge in [-0.15, -0.1) is 0 Å². The summed E-state index contributed by atoms with van der Waals surface area (Å²) in [6.07, 6.45) is 0.424. The molecule has 1 aromatic rings. The molecule has 1 heterocycles. The van der Waals surface area contributed by atoms with Crippen LogP contribution in [0, 0.1) is 6.92 Å². The summed E-state index contributed by atoms with van der Waals surface area (Å²) in [7, 11) is 0. The first-order valence-electron chi connectivity index (χ1n) is 4.86. The predicted octanol–water partition coefficient (Wildman–Crippen LogP) is 2.82. The number of rotatable bonds is 1. The van der Waals surface area contributed by atoms with Gasteiger partial charge in [0.15, 0.2) is 0 Å². The molecule has 3 nitrogen and oxygen atoms in total. The second-order valence-electron chi connectivity index (χ2n) is 3.63. The largest absolute Gasteiger partial charge is 0.449 e. The smallest absolute Gasteiger partial charge is 0.407 e. The number of ether oxygens (including phenoxy) is 1. The molecule has 0 saturated carbocycles. The molecule has 2 rings (SSSR count). The Morgan fingerprint density at radius 2 is 2.33 bits per heavy atom. The number of amides is 1. The molecular weight excluding hydrogens is 214 g/mol. The Kier molecular flexibility index (Phi) is 2.82. The van der Waals surface area contributed by atoms with E-state index in [0.717, 1.165) is 22.6 Å². The number of carbonyl (C=O) groups is 1. The molecular formula is C11H12ClNO2. The minimum absolute atomic E-state index is 0.0179. The number of hydrogen-bond donors (Lipinski definition) is 1. The molecule has 1 fully saturated rings. The number of nitrogens with one attached hydrogen (secondary N) is 1. The van der Waals surface area contributed by atoms with Crippen LogP contribution in [0.5, 0.6) is 0 Å². The summed E-state index contributed by atoms with van der Waals surface area (Å²) in [5.41, 5.74) is 2.07. The fourth-order valence-corrected chi connectivity index (χ4v) is 1.79. The van der Waals surface area contributed by atoms with Crippen molar-refractivity contribution in [2.75, 3.05) is 6.61 Å². The molecule has 4 heteroatoms. The number of cyclic esters (lactones) is 1. The highest BCUT2D eigenvalue weighted by molar-refractivity contribution is 6.31. The van der Waals surface area contributed by atoms with Gasteiger partial charge in [-0.25, -0.2) is 4.79 Å². The summed E-state index contributed by atoms with van der Waals surface area (Å²) in [5, 5.41) is 3.49. The van der Waals surface area contributed by atoms with E-state index in [-0.39, 0.29) is 12.1 Å². The highest BCUT2D eigenvalue weighted by atomic mass is 35.5. The molecule has 0 spiro atoms. The molecule has 1 saturated heterocycles. The van der Waals surface area contributed by atoms with Crippen molar-refractivity contribution in [2.45, 2.75) is 19.4 Å². The average Bonchev–Trinajstić information content (AvgIpc) is 2.22.